The van der Waals surface area contributed by atoms with Crippen LogP contribution in [0.15, 0.2) is 40.9 Å². The van der Waals surface area contributed by atoms with Gasteiger partial charge in [0.15, 0.2) is 0 Å². The Kier molecular flexibility index (Phi) is 4.84. The van der Waals surface area contributed by atoms with Crippen LogP contribution >= 0.6 is 15.9 Å². The monoisotopic (exact) mass is 334 g/mol. The Morgan fingerprint density at radius 3 is 2.40 bits per heavy atom. The van der Waals surface area contributed by atoms with Crippen molar-refractivity contribution in [3.63, 3.8) is 0 Å². The lowest BCUT2D eigenvalue weighted by Gasteiger charge is -2.16. The van der Waals surface area contributed by atoms with Crippen LogP contribution in [0, 0.1) is 13.8 Å². The number of benzene rings is 2. The number of aliphatic hydroxyl groups excluding tert-OH is 1. The highest BCUT2D eigenvalue weighted by Crippen LogP contribution is 2.29. The molecule has 0 aromatic heterocycles. The molecule has 20 heavy (non-hydrogen) atoms. The van der Waals surface area contributed by atoms with Crippen LogP contribution in [0.4, 0.5) is 0 Å². The van der Waals surface area contributed by atoms with Crippen LogP contribution in [-0.4, -0.2) is 5.11 Å². The van der Waals surface area contributed by atoms with Gasteiger partial charge >= 0.3 is 0 Å². The Labute approximate surface area is 128 Å². The highest BCUT2D eigenvalue weighted by Gasteiger charge is 2.11. The first-order valence-corrected chi connectivity index (χ1v) is 7.43. The standard InChI is InChI=1S/C17H19BrO2/c1-11-5-4-6-12(2)16(11)10-20-17-8-7-14(18)9-15(17)13(3)19/h4-9,13,19H,10H2,1-3H3/t13-/m1/s1. The first-order valence-electron chi connectivity index (χ1n) is 6.64. The molecule has 3 heteroatoms. The molecule has 0 fully saturated rings. The van der Waals surface area contributed by atoms with Gasteiger partial charge in [0.05, 0.1) is 6.10 Å². The van der Waals surface area contributed by atoms with Gasteiger partial charge in [-0.2, -0.15) is 0 Å². The Morgan fingerprint density at radius 1 is 1.15 bits per heavy atom. The molecule has 1 atom stereocenters. The first-order chi connectivity index (χ1) is 9.49. The maximum atomic E-state index is 9.83. The zero-order valence-corrected chi connectivity index (χ0v) is 13.6. The predicted octanol–water partition coefficient (Wildman–Crippen LogP) is 4.70. The lowest BCUT2D eigenvalue weighted by Crippen LogP contribution is -2.03. The third kappa shape index (κ3) is 3.41. The van der Waals surface area contributed by atoms with Gasteiger partial charge in [0.25, 0.3) is 0 Å². The van der Waals surface area contributed by atoms with Gasteiger partial charge < -0.3 is 9.84 Å². The zero-order chi connectivity index (χ0) is 14.7. The van der Waals surface area contributed by atoms with Gasteiger partial charge in [-0.05, 0) is 55.7 Å². The fourth-order valence-electron chi connectivity index (χ4n) is 2.20. The molecule has 0 aliphatic rings. The van der Waals surface area contributed by atoms with Crippen molar-refractivity contribution >= 4 is 15.9 Å². The van der Waals surface area contributed by atoms with E-state index in [1.165, 1.54) is 16.7 Å². The van der Waals surface area contributed by atoms with Crippen molar-refractivity contribution in [1.29, 1.82) is 0 Å². The van der Waals surface area contributed by atoms with E-state index >= 15 is 0 Å². The molecule has 0 bridgehead atoms. The smallest absolute Gasteiger partial charge is 0.125 e. The second kappa shape index (κ2) is 6.42. The second-order valence-electron chi connectivity index (χ2n) is 5.02. The van der Waals surface area contributed by atoms with Crippen molar-refractivity contribution in [2.45, 2.75) is 33.5 Å². The maximum absolute atomic E-state index is 9.83. The van der Waals surface area contributed by atoms with E-state index in [4.69, 9.17) is 4.74 Å². The topological polar surface area (TPSA) is 29.5 Å². The average Bonchev–Trinajstić information content (AvgIpc) is 2.39. The number of hydrogen-bond donors (Lipinski definition) is 1. The van der Waals surface area contributed by atoms with E-state index in [2.05, 4.69) is 48.0 Å². The molecule has 0 saturated carbocycles. The van der Waals surface area contributed by atoms with Crippen LogP contribution in [0.2, 0.25) is 0 Å². The normalized spacial score (nSPS) is 12.2. The molecular formula is C17H19BrO2. The fraction of sp³-hybridized carbons (Fsp3) is 0.294. The van der Waals surface area contributed by atoms with Crippen LogP contribution in [0.5, 0.6) is 5.75 Å². The fourth-order valence-corrected chi connectivity index (χ4v) is 2.58. The molecule has 1 N–H and O–H groups in total. The van der Waals surface area contributed by atoms with Crippen LogP contribution < -0.4 is 4.74 Å². The molecule has 0 radical (unpaired) electrons. The minimum absolute atomic E-state index is 0.514. The number of hydrogen-bond acceptors (Lipinski definition) is 2. The molecule has 0 unspecified atom stereocenters. The predicted molar refractivity (Wildman–Crippen MR) is 85.0 cm³/mol. The Hall–Kier alpha value is -1.32. The van der Waals surface area contributed by atoms with Crippen molar-refractivity contribution in [3.05, 3.63) is 63.1 Å². The van der Waals surface area contributed by atoms with E-state index < -0.39 is 6.10 Å². The molecular weight excluding hydrogens is 316 g/mol. The van der Waals surface area contributed by atoms with Crippen LogP contribution in [0.3, 0.4) is 0 Å². The van der Waals surface area contributed by atoms with Crippen molar-refractivity contribution in [2.75, 3.05) is 0 Å². The van der Waals surface area contributed by atoms with E-state index in [0.717, 1.165) is 15.8 Å². The molecule has 106 valence electrons. The summed E-state index contributed by atoms with van der Waals surface area (Å²) in [4.78, 5) is 0. The van der Waals surface area contributed by atoms with Crippen LogP contribution in [-0.2, 0) is 6.61 Å². The third-order valence-corrected chi connectivity index (χ3v) is 3.93. The summed E-state index contributed by atoms with van der Waals surface area (Å²) in [6.07, 6.45) is -0.555. The number of ether oxygens (including phenoxy) is 1. The Balaban J connectivity index is 2.23. The van der Waals surface area contributed by atoms with Crippen molar-refractivity contribution in [2.24, 2.45) is 0 Å². The van der Waals surface area contributed by atoms with Crippen LogP contribution in [0.1, 0.15) is 35.3 Å². The summed E-state index contributed by atoms with van der Waals surface area (Å²) >= 11 is 3.42. The summed E-state index contributed by atoms with van der Waals surface area (Å²) in [6.45, 7) is 6.43. The molecule has 2 aromatic carbocycles. The Morgan fingerprint density at radius 2 is 1.80 bits per heavy atom. The quantitative estimate of drug-likeness (QED) is 0.878. The van der Waals surface area contributed by atoms with Gasteiger partial charge in [0, 0.05) is 10.0 Å². The largest absolute Gasteiger partial charge is 0.489 e. The first kappa shape index (κ1) is 15.1. The van der Waals surface area contributed by atoms with Crippen molar-refractivity contribution < 1.29 is 9.84 Å². The number of halogens is 1. The highest BCUT2D eigenvalue weighted by atomic mass is 79.9. The highest BCUT2D eigenvalue weighted by molar-refractivity contribution is 9.10. The number of aryl methyl sites for hydroxylation is 2. The molecule has 2 rings (SSSR count). The molecule has 0 spiro atoms. The van der Waals surface area contributed by atoms with E-state index in [1.54, 1.807) is 6.92 Å². The van der Waals surface area contributed by atoms with E-state index in [9.17, 15) is 5.11 Å². The summed E-state index contributed by atoms with van der Waals surface area (Å²) in [6, 6.07) is 11.9. The Bertz CT molecular complexity index is 586. The summed E-state index contributed by atoms with van der Waals surface area (Å²) < 4.78 is 6.86. The zero-order valence-electron chi connectivity index (χ0n) is 12.0. The van der Waals surface area contributed by atoms with Crippen molar-refractivity contribution in [1.82, 2.24) is 0 Å². The van der Waals surface area contributed by atoms with Crippen LogP contribution in [0.25, 0.3) is 0 Å². The van der Waals surface area contributed by atoms with Gasteiger partial charge in [-0.25, -0.2) is 0 Å². The maximum Gasteiger partial charge on any atom is 0.125 e. The molecule has 2 nitrogen and oxygen atoms in total. The second-order valence-corrected chi connectivity index (χ2v) is 5.93. The van der Waals surface area contributed by atoms with Gasteiger partial charge in [0.1, 0.15) is 12.4 Å². The SMILES string of the molecule is Cc1cccc(C)c1COc1ccc(Br)cc1[C@@H](C)O. The summed E-state index contributed by atoms with van der Waals surface area (Å²) in [5, 5.41) is 9.83. The molecule has 0 amide bonds. The molecule has 2 aromatic rings. The summed E-state index contributed by atoms with van der Waals surface area (Å²) in [5.74, 6) is 0.728. The average molecular weight is 335 g/mol. The lowest BCUT2D eigenvalue weighted by molar-refractivity contribution is 0.190. The minimum atomic E-state index is -0.555. The minimum Gasteiger partial charge on any atom is -0.489 e. The lowest BCUT2D eigenvalue weighted by atomic mass is 10.0. The third-order valence-electron chi connectivity index (χ3n) is 3.44. The molecule has 0 heterocycles. The summed E-state index contributed by atoms with van der Waals surface area (Å²) in [7, 11) is 0. The van der Waals surface area contributed by atoms with Gasteiger partial charge in [-0.3, -0.25) is 0 Å². The van der Waals surface area contributed by atoms with Gasteiger partial charge in [0.2, 0.25) is 0 Å². The number of aliphatic hydroxyl groups is 1. The van der Waals surface area contributed by atoms with E-state index in [0.29, 0.717) is 6.61 Å². The van der Waals surface area contributed by atoms with Gasteiger partial charge in [-0.15, -0.1) is 0 Å². The van der Waals surface area contributed by atoms with Crippen molar-refractivity contribution in [3.8, 4) is 5.75 Å². The van der Waals surface area contributed by atoms with E-state index in [1.807, 2.05) is 18.2 Å². The molecule has 0 aliphatic heterocycles. The number of rotatable bonds is 4. The summed E-state index contributed by atoms with van der Waals surface area (Å²) in [5.41, 5.74) is 4.44. The van der Waals surface area contributed by atoms with Gasteiger partial charge in [-0.1, -0.05) is 34.1 Å². The molecule has 0 aliphatic carbocycles. The van der Waals surface area contributed by atoms with E-state index in [-0.39, 0.29) is 0 Å². The molecule has 0 saturated heterocycles.